The molecule has 0 bridgehead atoms. The molecule has 2 atom stereocenters. The number of amides is 3. The molecule has 3 aliphatic heterocycles. The molecule has 7 nitrogen and oxygen atoms in total. The average molecular weight is 505 g/mol. The second-order valence-electron chi connectivity index (χ2n) is 11.3. The Bertz CT molecular complexity index is 1080. The molecular formula is C30H40N4O3. The fourth-order valence-electron chi connectivity index (χ4n) is 6.53. The van der Waals surface area contributed by atoms with E-state index in [4.69, 9.17) is 4.74 Å². The summed E-state index contributed by atoms with van der Waals surface area (Å²) < 4.78 is 5.26. The zero-order valence-electron chi connectivity index (χ0n) is 22.4. The zero-order valence-corrected chi connectivity index (χ0v) is 22.4. The van der Waals surface area contributed by atoms with E-state index in [1.807, 2.05) is 36.0 Å². The summed E-state index contributed by atoms with van der Waals surface area (Å²) in [5.41, 5.74) is 2.26. The predicted octanol–water partition coefficient (Wildman–Crippen LogP) is 3.91. The van der Waals surface area contributed by atoms with Crippen molar-refractivity contribution in [2.75, 3.05) is 60.5 Å². The molecule has 1 spiro atoms. The van der Waals surface area contributed by atoms with Gasteiger partial charge in [-0.2, -0.15) is 0 Å². The molecule has 2 aromatic rings. The van der Waals surface area contributed by atoms with Crippen LogP contribution in [0.1, 0.15) is 36.3 Å². The third-order valence-corrected chi connectivity index (χ3v) is 8.76. The standard InChI is InChI=1S/C30H40N4O3/c1-31(2)29(36)34-21-25(27(22-34)24-7-5-4-6-8-24)20-32-16-13-30(14-17-32)15-18-33(28(30)35)19-23-9-11-26(37-3)12-10-23/h4-12,25,27H,13-22H2,1-3H3/t25-,27+/m0/s1. The summed E-state index contributed by atoms with van der Waals surface area (Å²) in [6.45, 7) is 5.92. The highest BCUT2D eigenvalue weighted by Crippen LogP contribution is 2.43. The van der Waals surface area contributed by atoms with Gasteiger partial charge in [0, 0.05) is 52.7 Å². The smallest absolute Gasteiger partial charge is 0.319 e. The lowest BCUT2D eigenvalue weighted by atomic mass is 9.76. The first kappa shape index (κ1) is 25.6. The van der Waals surface area contributed by atoms with E-state index in [2.05, 4.69) is 47.4 Å². The molecule has 37 heavy (non-hydrogen) atoms. The second-order valence-corrected chi connectivity index (χ2v) is 11.3. The highest BCUT2D eigenvalue weighted by atomic mass is 16.5. The maximum absolute atomic E-state index is 13.5. The lowest BCUT2D eigenvalue weighted by Gasteiger charge is -2.39. The van der Waals surface area contributed by atoms with E-state index < -0.39 is 0 Å². The van der Waals surface area contributed by atoms with Crippen LogP contribution in [0.2, 0.25) is 0 Å². The van der Waals surface area contributed by atoms with Gasteiger partial charge in [-0.25, -0.2) is 4.79 Å². The van der Waals surface area contributed by atoms with Gasteiger partial charge in [0.1, 0.15) is 5.75 Å². The summed E-state index contributed by atoms with van der Waals surface area (Å²) in [6.07, 6.45) is 2.80. The molecular weight excluding hydrogens is 464 g/mol. The van der Waals surface area contributed by atoms with E-state index in [9.17, 15) is 9.59 Å². The van der Waals surface area contributed by atoms with Crippen LogP contribution in [0.15, 0.2) is 54.6 Å². The molecule has 0 unspecified atom stereocenters. The Morgan fingerprint density at radius 3 is 2.30 bits per heavy atom. The molecule has 3 fully saturated rings. The summed E-state index contributed by atoms with van der Waals surface area (Å²) in [5, 5.41) is 0. The lowest BCUT2D eigenvalue weighted by Crippen LogP contribution is -2.46. The minimum absolute atomic E-state index is 0.0922. The minimum atomic E-state index is -0.204. The third-order valence-electron chi connectivity index (χ3n) is 8.76. The van der Waals surface area contributed by atoms with Crippen molar-refractivity contribution in [3.8, 4) is 5.75 Å². The van der Waals surface area contributed by atoms with Crippen molar-refractivity contribution in [3.63, 3.8) is 0 Å². The molecule has 0 aliphatic carbocycles. The highest BCUT2D eigenvalue weighted by Gasteiger charge is 2.48. The normalized spacial score (nSPS) is 23.6. The number of likely N-dealkylation sites (tertiary alicyclic amines) is 3. The number of ether oxygens (including phenoxy) is 1. The van der Waals surface area contributed by atoms with E-state index >= 15 is 0 Å². The van der Waals surface area contributed by atoms with Gasteiger partial charge in [0.05, 0.1) is 12.5 Å². The van der Waals surface area contributed by atoms with Crippen LogP contribution in [0.5, 0.6) is 5.75 Å². The minimum Gasteiger partial charge on any atom is -0.497 e. The van der Waals surface area contributed by atoms with Crippen molar-refractivity contribution in [3.05, 3.63) is 65.7 Å². The van der Waals surface area contributed by atoms with E-state index in [0.29, 0.717) is 24.3 Å². The van der Waals surface area contributed by atoms with Gasteiger partial charge in [-0.3, -0.25) is 4.79 Å². The quantitative estimate of drug-likeness (QED) is 0.599. The first-order chi connectivity index (χ1) is 17.9. The van der Waals surface area contributed by atoms with Gasteiger partial charge < -0.3 is 24.3 Å². The predicted molar refractivity (Wildman–Crippen MR) is 144 cm³/mol. The van der Waals surface area contributed by atoms with Gasteiger partial charge >= 0.3 is 6.03 Å². The van der Waals surface area contributed by atoms with E-state index in [-0.39, 0.29) is 11.4 Å². The number of benzene rings is 2. The Kier molecular flexibility index (Phi) is 7.43. The molecule has 3 heterocycles. The third kappa shape index (κ3) is 5.33. The maximum atomic E-state index is 13.5. The molecule has 3 aliphatic rings. The van der Waals surface area contributed by atoms with Crippen molar-refractivity contribution < 1.29 is 14.3 Å². The van der Waals surface area contributed by atoms with E-state index in [0.717, 1.165) is 69.8 Å². The van der Waals surface area contributed by atoms with Crippen LogP contribution in [0.3, 0.4) is 0 Å². The fraction of sp³-hybridized carbons (Fsp3) is 0.533. The summed E-state index contributed by atoms with van der Waals surface area (Å²) >= 11 is 0. The average Bonchev–Trinajstić information content (AvgIpc) is 3.47. The molecule has 0 saturated carbocycles. The highest BCUT2D eigenvalue weighted by molar-refractivity contribution is 5.85. The van der Waals surface area contributed by atoms with Crippen molar-refractivity contribution in [2.45, 2.75) is 31.7 Å². The molecule has 0 radical (unpaired) electrons. The topological polar surface area (TPSA) is 56.3 Å². The first-order valence-electron chi connectivity index (χ1n) is 13.5. The SMILES string of the molecule is COc1ccc(CN2CCC3(CCN(C[C@H]4CN(C(=O)N(C)C)C[C@@H]4c4ccccc4)CC3)C2=O)cc1. The van der Waals surface area contributed by atoms with Crippen molar-refractivity contribution in [2.24, 2.45) is 11.3 Å². The number of piperidine rings is 1. The van der Waals surface area contributed by atoms with Crippen molar-refractivity contribution in [1.82, 2.24) is 19.6 Å². The van der Waals surface area contributed by atoms with Gasteiger partial charge in [-0.1, -0.05) is 42.5 Å². The fourth-order valence-corrected chi connectivity index (χ4v) is 6.53. The Hall–Kier alpha value is -3.06. The number of methoxy groups -OCH3 is 1. The largest absolute Gasteiger partial charge is 0.497 e. The van der Waals surface area contributed by atoms with Gasteiger partial charge in [0.25, 0.3) is 0 Å². The molecule has 2 aromatic carbocycles. The van der Waals surface area contributed by atoms with E-state index in [1.165, 1.54) is 5.56 Å². The van der Waals surface area contributed by atoms with Gasteiger partial charge in [0.2, 0.25) is 5.91 Å². The molecule has 0 aromatic heterocycles. The number of carbonyl (C=O) groups is 2. The Morgan fingerprint density at radius 2 is 1.65 bits per heavy atom. The number of nitrogens with zero attached hydrogens (tertiary/aromatic N) is 4. The zero-order chi connectivity index (χ0) is 26.0. The number of carbonyl (C=O) groups excluding carboxylic acids is 2. The van der Waals surface area contributed by atoms with Gasteiger partial charge in [0.15, 0.2) is 0 Å². The summed E-state index contributed by atoms with van der Waals surface area (Å²) in [5.74, 6) is 1.90. The number of urea groups is 1. The molecule has 7 heteroatoms. The van der Waals surface area contributed by atoms with Crippen LogP contribution in [0, 0.1) is 11.3 Å². The second kappa shape index (κ2) is 10.7. The first-order valence-corrected chi connectivity index (χ1v) is 13.5. The van der Waals surface area contributed by atoms with Crippen molar-refractivity contribution >= 4 is 11.9 Å². The van der Waals surface area contributed by atoms with Crippen molar-refractivity contribution in [1.29, 1.82) is 0 Å². The lowest BCUT2D eigenvalue weighted by molar-refractivity contribution is -0.139. The number of rotatable bonds is 6. The Balaban J connectivity index is 1.20. The van der Waals surface area contributed by atoms with E-state index in [1.54, 1.807) is 12.0 Å². The molecule has 3 saturated heterocycles. The van der Waals surface area contributed by atoms with Crippen LogP contribution in [-0.4, -0.2) is 92.0 Å². The monoisotopic (exact) mass is 504 g/mol. The summed E-state index contributed by atoms with van der Waals surface area (Å²) in [4.78, 5) is 34.5. The number of hydrogen-bond acceptors (Lipinski definition) is 4. The maximum Gasteiger partial charge on any atom is 0.319 e. The Labute approximate surface area is 221 Å². The van der Waals surface area contributed by atoms with Gasteiger partial charge in [-0.15, -0.1) is 0 Å². The van der Waals surface area contributed by atoms with Crippen LogP contribution < -0.4 is 4.74 Å². The molecule has 0 N–H and O–H groups in total. The molecule has 198 valence electrons. The Morgan fingerprint density at radius 1 is 0.973 bits per heavy atom. The molecule has 5 rings (SSSR count). The summed E-state index contributed by atoms with van der Waals surface area (Å²) in [6, 6.07) is 18.7. The summed E-state index contributed by atoms with van der Waals surface area (Å²) in [7, 11) is 5.32. The van der Waals surface area contributed by atoms with Crippen LogP contribution in [0.4, 0.5) is 4.79 Å². The van der Waals surface area contributed by atoms with Crippen LogP contribution >= 0.6 is 0 Å². The van der Waals surface area contributed by atoms with Gasteiger partial charge in [-0.05, 0) is 61.5 Å². The number of hydrogen-bond donors (Lipinski definition) is 0. The van der Waals surface area contributed by atoms with Crippen LogP contribution in [0.25, 0.3) is 0 Å². The molecule has 3 amide bonds. The van der Waals surface area contributed by atoms with Crippen LogP contribution in [-0.2, 0) is 11.3 Å².